The van der Waals surface area contributed by atoms with E-state index < -0.39 is 0 Å². The Morgan fingerprint density at radius 2 is 2.22 bits per heavy atom. The second-order valence-corrected chi connectivity index (χ2v) is 2.05. The molecule has 0 aromatic rings. The van der Waals surface area contributed by atoms with Crippen molar-refractivity contribution >= 4 is 5.91 Å². The summed E-state index contributed by atoms with van der Waals surface area (Å²) in [6.45, 7) is 3.46. The number of nitrogens with zero attached hydrogens (tertiary/aromatic N) is 1. The molecule has 9 heavy (non-hydrogen) atoms. The van der Waals surface area contributed by atoms with E-state index >= 15 is 0 Å². The molecule has 0 saturated heterocycles. The molecule has 1 atom stereocenters. The van der Waals surface area contributed by atoms with E-state index in [-0.39, 0.29) is 11.9 Å². The first kappa shape index (κ1) is 8.17. The average molecular weight is 128 g/mol. The first-order valence-electron chi connectivity index (χ1n) is 2.68. The zero-order chi connectivity index (χ0) is 7.44. The molecule has 0 bridgehead atoms. The molecule has 2 N–H and O–H groups in total. The molecule has 0 spiro atoms. The predicted molar refractivity (Wildman–Crippen MR) is 36.9 cm³/mol. The van der Waals surface area contributed by atoms with E-state index in [2.05, 4.69) is 6.58 Å². The molecule has 1 amide bonds. The summed E-state index contributed by atoms with van der Waals surface area (Å²) < 4.78 is 0. The third-order valence-corrected chi connectivity index (χ3v) is 1.07. The van der Waals surface area contributed by atoms with Crippen LogP contribution in [0.25, 0.3) is 0 Å². The molecule has 0 rings (SSSR count). The van der Waals surface area contributed by atoms with Gasteiger partial charge in [-0.05, 0) is 14.1 Å². The van der Waals surface area contributed by atoms with Gasteiger partial charge in [0.05, 0.1) is 0 Å². The Kier molecular flexibility index (Phi) is 2.95. The fraction of sp³-hybridized carbons (Fsp3) is 0.500. The molecule has 0 unspecified atom stereocenters. The Morgan fingerprint density at radius 3 is 2.22 bits per heavy atom. The maximum atomic E-state index is 10.5. The minimum absolute atomic E-state index is 0.343. The molecule has 0 saturated carbocycles. The molecular formula is C6H12N2O. The third-order valence-electron chi connectivity index (χ3n) is 1.07. The maximum absolute atomic E-state index is 10.5. The molecule has 0 aromatic carbocycles. The zero-order valence-electron chi connectivity index (χ0n) is 5.79. The number of rotatable bonds is 3. The molecule has 0 radical (unpaired) electrons. The number of carbonyl (C=O) groups excluding carboxylic acids is 1. The second-order valence-electron chi connectivity index (χ2n) is 2.05. The summed E-state index contributed by atoms with van der Waals surface area (Å²) in [6.07, 6.45) is 1.52. The highest BCUT2D eigenvalue weighted by Gasteiger charge is 2.11. The van der Waals surface area contributed by atoms with Gasteiger partial charge in [0.15, 0.2) is 0 Å². The van der Waals surface area contributed by atoms with Gasteiger partial charge < -0.3 is 5.73 Å². The Morgan fingerprint density at radius 1 is 1.78 bits per heavy atom. The van der Waals surface area contributed by atoms with E-state index in [9.17, 15) is 4.79 Å². The highest BCUT2D eigenvalue weighted by molar-refractivity contribution is 5.81. The molecule has 3 nitrogen and oxygen atoms in total. The van der Waals surface area contributed by atoms with Crippen molar-refractivity contribution in [2.75, 3.05) is 14.1 Å². The summed E-state index contributed by atoms with van der Waals surface area (Å²) >= 11 is 0. The topological polar surface area (TPSA) is 46.3 Å². The number of hydrogen-bond donors (Lipinski definition) is 1. The fourth-order valence-corrected chi connectivity index (χ4v) is 0.581. The average Bonchev–Trinajstić information content (AvgIpc) is 1.64. The first-order valence-corrected chi connectivity index (χ1v) is 2.68. The molecule has 0 fully saturated rings. The van der Waals surface area contributed by atoms with Gasteiger partial charge in [0.1, 0.15) is 6.04 Å². The lowest BCUT2D eigenvalue weighted by atomic mass is 10.2. The van der Waals surface area contributed by atoms with Gasteiger partial charge in [-0.3, -0.25) is 9.69 Å². The van der Waals surface area contributed by atoms with Crippen LogP contribution < -0.4 is 5.73 Å². The highest BCUT2D eigenvalue weighted by atomic mass is 16.1. The van der Waals surface area contributed by atoms with Crippen molar-refractivity contribution in [1.29, 1.82) is 0 Å². The van der Waals surface area contributed by atoms with E-state index in [1.807, 2.05) is 0 Å². The number of primary amides is 1. The van der Waals surface area contributed by atoms with Crippen LogP contribution in [0.1, 0.15) is 0 Å². The van der Waals surface area contributed by atoms with Gasteiger partial charge in [0, 0.05) is 0 Å². The lowest BCUT2D eigenvalue weighted by molar-refractivity contribution is -0.120. The Bertz CT molecular complexity index is 120. The maximum Gasteiger partial charge on any atom is 0.238 e. The SMILES string of the molecule is C=C[C@H](C(N)=O)N(C)C. The van der Waals surface area contributed by atoms with Crippen molar-refractivity contribution in [3.8, 4) is 0 Å². The van der Waals surface area contributed by atoms with E-state index in [1.54, 1.807) is 19.0 Å². The van der Waals surface area contributed by atoms with Gasteiger partial charge >= 0.3 is 0 Å². The van der Waals surface area contributed by atoms with Crippen molar-refractivity contribution in [2.45, 2.75) is 6.04 Å². The zero-order valence-corrected chi connectivity index (χ0v) is 5.79. The van der Waals surface area contributed by atoms with Crippen LogP contribution in [0.2, 0.25) is 0 Å². The van der Waals surface area contributed by atoms with E-state index in [1.165, 1.54) is 6.08 Å². The van der Waals surface area contributed by atoms with Crippen LogP contribution in [0.15, 0.2) is 12.7 Å². The van der Waals surface area contributed by atoms with Crippen LogP contribution in [0.4, 0.5) is 0 Å². The standard InChI is InChI=1S/C6H12N2O/c1-4-5(6(7)9)8(2)3/h4-5H,1H2,2-3H3,(H2,7,9)/t5-/m1/s1. The van der Waals surface area contributed by atoms with Gasteiger partial charge in [0.2, 0.25) is 5.91 Å². The lowest BCUT2D eigenvalue weighted by Gasteiger charge is -2.15. The van der Waals surface area contributed by atoms with Crippen LogP contribution in [-0.2, 0) is 4.79 Å². The summed E-state index contributed by atoms with van der Waals surface area (Å²) in [6, 6.07) is -0.343. The van der Waals surface area contributed by atoms with Crippen LogP contribution in [0.5, 0.6) is 0 Å². The number of amides is 1. The molecular weight excluding hydrogens is 116 g/mol. The van der Waals surface area contributed by atoms with Gasteiger partial charge in [-0.2, -0.15) is 0 Å². The van der Waals surface area contributed by atoms with E-state index in [4.69, 9.17) is 5.73 Å². The molecule has 0 aliphatic rings. The van der Waals surface area contributed by atoms with Crippen LogP contribution >= 0.6 is 0 Å². The lowest BCUT2D eigenvalue weighted by Crippen LogP contribution is -2.38. The Labute approximate surface area is 55.1 Å². The molecule has 52 valence electrons. The van der Waals surface area contributed by atoms with E-state index in [0.717, 1.165) is 0 Å². The summed E-state index contributed by atoms with van der Waals surface area (Å²) in [5, 5.41) is 0. The molecule has 0 heterocycles. The van der Waals surface area contributed by atoms with Crippen LogP contribution in [0.3, 0.4) is 0 Å². The van der Waals surface area contributed by atoms with Crippen molar-refractivity contribution in [2.24, 2.45) is 5.73 Å². The van der Waals surface area contributed by atoms with Crippen LogP contribution in [-0.4, -0.2) is 30.9 Å². The van der Waals surface area contributed by atoms with E-state index in [0.29, 0.717) is 0 Å². The van der Waals surface area contributed by atoms with Gasteiger partial charge in [0.25, 0.3) is 0 Å². The largest absolute Gasteiger partial charge is 0.368 e. The molecule has 0 aliphatic carbocycles. The van der Waals surface area contributed by atoms with Gasteiger partial charge in [-0.25, -0.2) is 0 Å². The third kappa shape index (κ3) is 2.28. The second kappa shape index (κ2) is 3.25. The molecule has 0 aliphatic heterocycles. The van der Waals surface area contributed by atoms with Crippen molar-refractivity contribution in [1.82, 2.24) is 4.90 Å². The number of nitrogens with two attached hydrogens (primary N) is 1. The number of hydrogen-bond acceptors (Lipinski definition) is 2. The van der Waals surface area contributed by atoms with Crippen molar-refractivity contribution in [3.63, 3.8) is 0 Å². The molecule has 3 heteroatoms. The summed E-state index contributed by atoms with van der Waals surface area (Å²) in [5.41, 5.74) is 5.00. The Balaban J connectivity index is 3.98. The predicted octanol–water partition coefficient (Wildman–Crippen LogP) is -0.412. The monoisotopic (exact) mass is 128 g/mol. The summed E-state index contributed by atoms with van der Waals surface area (Å²) in [7, 11) is 3.55. The highest BCUT2D eigenvalue weighted by Crippen LogP contribution is 1.90. The minimum atomic E-state index is -0.366. The summed E-state index contributed by atoms with van der Waals surface area (Å²) in [5.74, 6) is -0.366. The fourth-order valence-electron chi connectivity index (χ4n) is 0.581. The minimum Gasteiger partial charge on any atom is -0.368 e. The Hall–Kier alpha value is -0.830. The van der Waals surface area contributed by atoms with Gasteiger partial charge in [-0.15, -0.1) is 6.58 Å². The van der Waals surface area contributed by atoms with Crippen molar-refractivity contribution < 1.29 is 4.79 Å². The molecule has 0 aromatic heterocycles. The first-order chi connectivity index (χ1) is 4.09. The normalized spacial score (nSPS) is 13.2. The van der Waals surface area contributed by atoms with Crippen LogP contribution in [0, 0.1) is 0 Å². The smallest absolute Gasteiger partial charge is 0.238 e. The van der Waals surface area contributed by atoms with Gasteiger partial charge in [-0.1, -0.05) is 6.08 Å². The summed E-state index contributed by atoms with van der Waals surface area (Å²) in [4.78, 5) is 12.2. The quantitative estimate of drug-likeness (QED) is 0.525. The van der Waals surface area contributed by atoms with Crippen molar-refractivity contribution in [3.05, 3.63) is 12.7 Å². The number of likely N-dealkylation sites (N-methyl/N-ethyl adjacent to an activating group) is 1. The number of carbonyl (C=O) groups is 1.